The van der Waals surface area contributed by atoms with Gasteiger partial charge >= 0.3 is 12.5 Å². The molecule has 166 valence electrons. The van der Waals surface area contributed by atoms with Crippen LogP contribution < -0.4 is 10.1 Å². The summed E-state index contributed by atoms with van der Waals surface area (Å²) in [5, 5.41) is 15.2. The van der Waals surface area contributed by atoms with Crippen LogP contribution in [0.4, 0.5) is 18.0 Å². The Morgan fingerprint density at radius 1 is 1.23 bits per heavy atom. The summed E-state index contributed by atoms with van der Waals surface area (Å²) < 4.78 is 51.8. The minimum Gasteiger partial charge on any atom is -0.465 e. The van der Waals surface area contributed by atoms with Crippen molar-refractivity contribution in [1.29, 1.82) is 0 Å². The first kappa shape index (κ1) is 23.7. The molecule has 0 bridgehead atoms. The summed E-state index contributed by atoms with van der Waals surface area (Å²) in [5.41, 5.74) is 0.350. The Kier molecular flexibility index (Phi) is 6.82. The van der Waals surface area contributed by atoms with Gasteiger partial charge in [-0.1, -0.05) is 25.9 Å². The average Bonchev–Trinajstić information content (AvgIpc) is 3.06. The quantitative estimate of drug-likeness (QED) is 0.577. The average molecular weight is 447 g/mol. The van der Waals surface area contributed by atoms with Crippen LogP contribution in [0, 0.1) is 0 Å². The monoisotopic (exact) mass is 447 g/mol. The van der Waals surface area contributed by atoms with E-state index in [1.807, 2.05) is 13.1 Å². The topological polar surface area (TPSA) is 107 Å². The number of amides is 1. The highest BCUT2D eigenvalue weighted by atomic mass is 28.4. The Morgan fingerprint density at radius 2 is 1.83 bits per heavy atom. The van der Waals surface area contributed by atoms with Gasteiger partial charge in [0.25, 0.3) is 5.89 Å². The molecule has 2 N–H and O–H groups in total. The zero-order chi connectivity index (χ0) is 22.7. The van der Waals surface area contributed by atoms with Crippen molar-refractivity contribution >= 4 is 14.4 Å². The number of nitrogens with zero attached hydrogens (tertiary/aromatic N) is 2. The number of halogens is 3. The summed E-state index contributed by atoms with van der Waals surface area (Å²) in [6.45, 7) is 10.2. The Hall–Kier alpha value is -2.60. The molecule has 0 saturated carbocycles. The van der Waals surface area contributed by atoms with Gasteiger partial charge in [0, 0.05) is 5.56 Å². The van der Waals surface area contributed by atoms with Gasteiger partial charge in [0.05, 0.1) is 6.61 Å². The van der Waals surface area contributed by atoms with Crippen molar-refractivity contribution in [3.05, 3.63) is 30.1 Å². The summed E-state index contributed by atoms with van der Waals surface area (Å²) in [6.07, 6.45) is -6.07. The van der Waals surface area contributed by atoms with E-state index in [-0.39, 0.29) is 29.1 Å². The van der Waals surface area contributed by atoms with Crippen LogP contribution >= 0.6 is 0 Å². The molecule has 1 aromatic carbocycles. The first-order valence-electron chi connectivity index (χ1n) is 9.01. The molecule has 1 atom stereocenters. The number of aromatic nitrogens is 2. The van der Waals surface area contributed by atoms with Gasteiger partial charge in [-0.25, -0.2) is 4.79 Å². The SMILES string of the molecule is CC(C)(C)[Si](C)(C)OCC(NC(=O)O)c1noc(-c2ccc(OC(F)(F)F)cc2)n1. The molecule has 1 amide bonds. The number of carbonyl (C=O) groups is 1. The highest BCUT2D eigenvalue weighted by Gasteiger charge is 2.38. The van der Waals surface area contributed by atoms with Crippen LogP contribution in [0.25, 0.3) is 11.5 Å². The summed E-state index contributed by atoms with van der Waals surface area (Å²) in [4.78, 5) is 15.4. The maximum atomic E-state index is 12.3. The fourth-order valence-corrected chi connectivity index (χ4v) is 3.15. The smallest absolute Gasteiger partial charge is 0.465 e. The van der Waals surface area contributed by atoms with Gasteiger partial charge < -0.3 is 24.1 Å². The molecule has 30 heavy (non-hydrogen) atoms. The van der Waals surface area contributed by atoms with Gasteiger partial charge in [0.1, 0.15) is 11.8 Å². The van der Waals surface area contributed by atoms with E-state index in [2.05, 4.69) is 41.0 Å². The van der Waals surface area contributed by atoms with E-state index in [4.69, 9.17) is 14.1 Å². The molecule has 1 unspecified atom stereocenters. The van der Waals surface area contributed by atoms with Gasteiger partial charge in [0.2, 0.25) is 0 Å². The van der Waals surface area contributed by atoms with Crippen LogP contribution in [0.1, 0.15) is 32.6 Å². The molecule has 0 aliphatic carbocycles. The molecule has 12 heteroatoms. The third kappa shape index (κ3) is 6.45. The van der Waals surface area contributed by atoms with Gasteiger partial charge in [-0.2, -0.15) is 4.98 Å². The van der Waals surface area contributed by atoms with Crippen LogP contribution in [0.5, 0.6) is 5.75 Å². The van der Waals surface area contributed by atoms with Crippen molar-refractivity contribution in [2.24, 2.45) is 0 Å². The fraction of sp³-hybridized carbons (Fsp3) is 0.500. The number of carboxylic acid groups (broad SMARTS) is 1. The molecule has 0 aliphatic heterocycles. The van der Waals surface area contributed by atoms with Crippen molar-refractivity contribution < 1.29 is 36.8 Å². The number of hydrogen-bond donors (Lipinski definition) is 2. The lowest BCUT2D eigenvalue weighted by Crippen LogP contribution is -2.43. The molecular formula is C18H24F3N3O5Si. The second kappa shape index (κ2) is 8.64. The first-order valence-corrected chi connectivity index (χ1v) is 11.9. The summed E-state index contributed by atoms with van der Waals surface area (Å²) in [6, 6.07) is 4.00. The Bertz CT molecular complexity index is 863. The minimum atomic E-state index is -4.79. The Labute approximate surface area is 172 Å². The second-order valence-electron chi connectivity index (χ2n) is 8.10. The predicted octanol–water partition coefficient (Wildman–Crippen LogP) is 4.97. The van der Waals surface area contributed by atoms with Gasteiger partial charge in [-0.15, -0.1) is 13.2 Å². The fourth-order valence-electron chi connectivity index (χ4n) is 2.13. The number of rotatable bonds is 7. The molecular weight excluding hydrogens is 423 g/mol. The molecule has 0 radical (unpaired) electrons. The highest BCUT2D eigenvalue weighted by molar-refractivity contribution is 6.74. The lowest BCUT2D eigenvalue weighted by molar-refractivity contribution is -0.274. The predicted molar refractivity (Wildman–Crippen MR) is 103 cm³/mol. The first-order chi connectivity index (χ1) is 13.7. The maximum Gasteiger partial charge on any atom is 0.573 e. The molecule has 1 aromatic heterocycles. The number of nitrogens with one attached hydrogen (secondary N) is 1. The van der Waals surface area contributed by atoms with E-state index in [9.17, 15) is 18.0 Å². The molecule has 0 fully saturated rings. The normalized spacial score (nSPS) is 13.7. The number of alkyl halides is 3. The zero-order valence-electron chi connectivity index (χ0n) is 17.2. The van der Waals surface area contributed by atoms with Crippen LogP contribution in [0.15, 0.2) is 28.8 Å². The van der Waals surface area contributed by atoms with Crippen molar-refractivity contribution in [3.8, 4) is 17.2 Å². The molecule has 1 heterocycles. The van der Waals surface area contributed by atoms with Gasteiger partial charge in [-0.3, -0.25) is 0 Å². The van der Waals surface area contributed by atoms with E-state index >= 15 is 0 Å². The summed E-state index contributed by atoms with van der Waals surface area (Å²) >= 11 is 0. The van der Waals surface area contributed by atoms with Crippen LogP contribution in [0.3, 0.4) is 0 Å². The standard InChI is InChI=1S/C18H24F3N3O5Si/c1-17(2,3)30(4,5)27-10-13(22-16(25)26)14-23-15(29-24-14)11-6-8-12(9-7-11)28-18(19,20)21/h6-9,13,22H,10H2,1-5H3,(H,25,26). The number of benzene rings is 1. The van der Waals surface area contributed by atoms with Crippen molar-refractivity contribution in [3.63, 3.8) is 0 Å². The van der Waals surface area contributed by atoms with Crippen LogP contribution in [-0.4, -0.2) is 42.6 Å². The van der Waals surface area contributed by atoms with E-state index in [0.29, 0.717) is 5.56 Å². The minimum absolute atomic E-state index is 0.0140. The Balaban J connectivity index is 2.18. The van der Waals surface area contributed by atoms with E-state index in [1.165, 1.54) is 12.1 Å². The lowest BCUT2D eigenvalue weighted by Gasteiger charge is -2.36. The van der Waals surface area contributed by atoms with Crippen LogP contribution in [0.2, 0.25) is 18.1 Å². The van der Waals surface area contributed by atoms with Crippen molar-refractivity contribution in [2.75, 3.05) is 6.61 Å². The van der Waals surface area contributed by atoms with E-state index in [1.54, 1.807) is 0 Å². The van der Waals surface area contributed by atoms with Gasteiger partial charge in [-0.05, 0) is 42.4 Å². The third-order valence-electron chi connectivity index (χ3n) is 4.80. The molecule has 2 rings (SSSR count). The second-order valence-corrected chi connectivity index (χ2v) is 12.9. The molecule has 0 spiro atoms. The summed E-state index contributed by atoms with van der Waals surface area (Å²) in [7, 11) is -2.16. The van der Waals surface area contributed by atoms with E-state index in [0.717, 1.165) is 12.1 Å². The molecule has 2 aromatic rings. The number of ether oxygens (including phenoxy) is 1. The zero-order valence-corrected chi connectivity index (χ0v) is 18.2. The van der Waals surface area contributed by atoms with Gasteiger partial charge in [0.15, 0.2) is 14.1 Å². The highest BCUT2D eigenvalue weighted by Crippen LogP contribution is 2.37. The largest absolute Gasteiger partial charge is 0.573 e. The van der Waals surface area contributed by atoms with Crippen molar-refractivity contribution in [2.45, 2.75) is 51.3 Å². The molecule has 8 nitrogen and oxygen atoms in total. The Morgan fingerprint density at radius 3 is 2.33 bits per heavy atom. The van der Waals surface area contributed by atoms with E-state index < -0.39 is 26.8 Å². The lowest BCUT2D eigenvalue weighted by atomic mass is 10.2. The molecule has 0 aliphatic rings. The van der Waals surface area contributed by atoms with Crippen molar-refractivity contribution in [1.82, 2.24) is 15.5 Å². The third-order valence-corrected chi connectivity index (χ3v) is 9.30. The van der Waals surface area contributed by atoms with Crippen LogP contribution in [-0.2, 0) is 4.43 Å². The molecule has 0 saturated heterocycles. The number of hydrogen-bond acceptors (Lipinski definition) is 6. The summed E-state index contributed by atoms with van der Waals surface area (Å²) in [5.74, 6) is -0.311. The maximum absolute atomic E-state index is 12.3.